The molecule has 134 valence electrons. The summed E-state index contributed by atoms with van der Waals surface area (Å²) in [5, 5.41) is 5.06. The maximum atomic E-state index is 11.9. The summed E-state index contributed by atoms with van der Waals surface area (Å²) in [6.45, 7) is 0.718. The molecule has 0 bridgehead atoms. The van der Waals surface area contributed by atoms with Crippen LogP contribution in [-0.4, -0.2) is 32.8 Å². The van der Waals surface area contributed by atoms with E-state index in [0.717, 1.165) is 11.1 Å². The van der Waals surface area contributed by atoms with E-state index in [2.05, 4.69) is 11.4 Å². The van der Waals surface area contributed by atoms with Crippen LogP contribution in [0.5, 0.6) is 17.2 Å². The van der Waals surface area contributed by atoms with Crippen molar-refractivity contribution in [3.8, 4) is 17.2 Å². The molecule has 5 heteroatoms. The molecular formula is C21H21NO4. The van der Waals surface area contributed by atoms with Crippen molar-refractivity contribution in [1.82, 2.24) is 5.32 Å². The van der Waals surface area contributed by atoms with E-state index in [-0.39, 0.29) is 12.5 Å². The van der Waals surface area contributed by atoms with Crippen LogP contribution in [-0.2, 0) is 4.79 Å². The number of para-hydroxylation sites is 2. The first-order valence-corrected chi connectivity index (χ1v) is 8.40. The van der Waals surface area contributed by atoms with Crippen LogP contribution in [0.2, 0.25) is 0 Å². The normalized spacial score (nSPS) is 10.3. The van der Waals surface area contributed by atoms with Crippen LogP contribution in [0.1, 0.15) is 0 Å². The van der Waals surface area contributed by atoms with E-state index in [9.17, 15) is 4.79 Å². The van der Waals surface area contributed by atoms with Crippen LogP contribution in [0, 0.1) is 0 Å². The molecule has 1 amide bonds. The van der Waals surface area contributed by atoms with Crippen molar-refractivity contribution in [2.24, 2.45) is 0 Å². The molecule has 0 aromatic heterocycles. The zero-order chi connectivity index (χ0) is 18.2. The van der Waals surface area contributed by atoms with Gasteiger partial charge in [0.05, 0.1) is 13.7 Å². The monoisotopic (exact) mass is 351 g/mol. The summed E-state index contributed by atoms with van der Waals surface area (Å²) >= 11 is 0. The Kier molecular flexibility index (Phi) is 5.93. The van der Waals surface area contributed by atoms with Gasteiger partial charge in [0, 0.05) is 0 Å². The van der Waals surface area contributed by atoms with Gasteiger partial charge in [-0.05, 0) is 35.0 Å². The van der Waals surface area contributed by atoms with Crippen LogP contribution in [0.4, 0.5) is 0 Å². The van der Waals surface area contributed by atoms with Crippen molar-refractivity contribution in [1.29, 1.82) is 0 Å². The number of nitrogens with one attached hydrogen (secondary N) is 1. The van der Waals surface area contributed by atoms with Gasteiger partial charge < -0.3 is 19.5 Å². The fraction of sp³-hybridized carbons (Fsp3) is 0.190. The molecule has 0 spiro atoms. The number of rotatable bonds is 8. The first kappa shape index (κ1) is 17.6. The van der Waals surface area contributed by atoms with E-state index in [1.165, 1.54) is 5.39 Å². The van der Waals surface area contributed by atoms with Crippen LogP contribution >= 0.6 is 0 Å². The van der Waals surface area contributed by atoms with Crippen molar-refractivity contribution < 1.29 is 19.0 Å². The summed E-state index contributed by atoms with van der Waals surface area (Å²) in [5.74, 6) is 1.71. The Balaban J connectivity index is 1.40. The quantitative estimate of drug-likeness (QED) is 0.632. The average molecular weight is 351 g/mol. The number of hydrogen-bond donors (Lipinski definition) is 1. The SMILES string of the molecule is COc1ccccc1OCC(=O)NCCOc1ccc2ccccc2c1. The molecule has 26 heavy (non-hydrogen) atoms. The molecule has 0 aliphatic rings. The molecule has 0 unspecified atom stereocenters. The molecule has 3 aromatic carbocycles. The largest absolute Gasteiger partial charge is 0.493 e. The van der Waals surface area contributed by atoms with Crippen molar-refractivity contribution in [2.75, 3.05) is 26.9 Å². The maximum absolute atomic E-state index is 11.9. The Morgan fingerprint density at radius 3 is 2.42 bits per heavy atom. The molecule has 0 saturated carbocycles. The number of carbonyl (C=O) groups is 1. The van der Waals surface area contributed by atoms with E-state index < -0.39 is 0 Å². The van der Waals surface area contributed by atoms with Gasteiger partial charge in [-0.3, -0.25) is 4.79 Å². The molecule has 3 rings (SSSR count). The predicted molar refractivity (Wildman–Crippen MR) is 101 cm³/mol. The highest BCUT2D eigenvalue weighted by Gasteiger charge is 2.06. The highest BCUT2D eigenvalue weighted by Crippen LogP contribution is 2.25. The van der Waals surface area contributed by atoms with Crippen molar-refractivity contribution >= 4 is 16.7 Å². The Morgan fingerprint density at radius 1 is 0.885 bits per heavy atom. The lowest BCUT2D eigenvalue weighted by atomic mass is 10.1. The number of carbonyl (C=O) groups excluding carboxylic acids is 1. The number of fused-ring (bicyclic) bond motifs is 1. The number of amides is 1. The van der Waals surface area contributed by atoms with Gasteiger partial charge in [-0.25, -0.2) is 0 Å². The van der Waals surface area contributed by atoms with Gasteiger partial charge in [-0.1, -0.05) is 42.5 Å². The number of benzene rings is 3. The minimum atomic E-state index is -0.210. The second-order valence-corrected chi connectivity index (χ2v) is 5.65. The average Bonchev–Trinajstić information content (AvgIpc) is 2.69. The lowest BCUT2D eigenvalue weighted by Gasteiger charge is -2.11. The second-order valence-electron chi connectivity index (χ2n) is 5.65. The molecule has 0 atom stereocenters. The number of hydrogen-bond acceptors (Lipinski definition) is 4. The standard InChI is InChI=1S/C21H21NO4/c1-24-19-8-4-5-9-20(19)26-15-21(23)22-12-13-25-18-11-10-16-6-2-3-7-17(16)14-18/h2-11,14H,12-13,15H2,1H3,(H,22,23). The van der Waals surface area contributed by atoms with Gasteiger partial charge >= 0.3 is 0 Å². The Morgan fingerprint density at radius 2 is 1.62 bits per heavy atom. The summed E-state index contributed by atoms with van der Waals surface area (Å²) in [6, 6.07) is 21.2. The Hall–Kier alpha value is -3.21. The van der Waals surface area contributed by atoms with Crippen LogP contribution in [0.15, 0.2) is 66.7 Å². The topological polar surface area (TPSA) is 56.8 Å². The smallest absolute Gasteiger partial charge is 0.258 e. The molecule has 1 N–H and O–H groups in total. The highest BCUT2D eigenvalue weighted by atomic mass is 16.5. The molecule has 0 fully saturated rings. The van der Waals surface area contributed by atoms with Gasteiger partial charge in [-0.15, -0.1) is 0 Å². The van der Waals surface area contributed by atoms with Gasteiger partial charge in [0.2, 0.25) is 0 Å². The fourth-order valence-electron chi connectivity index (χ4n) is 2.55. The number of methoxy groups -OCH3 is 1. The van der Waals surface area contributed by atoms with Gasteiger partial charge in [0.15, 0.2) is 18.1 Å². The predicted octanol–water partition coefficient (Wildman–Crippen LogP) is 3.42. The Labute approximate surface area is 152 Å². The minimum Gasteiger partial charge on any atom is -0.493 e. The summed E-state index contributed by atoms with van der Waals surface area (Å²) in [7, 11) is 1.56. The lowest BCUT2D eigenvalue weighted by molar-refractivity contribution is -0.123. The maximum Gasteiger partial charge on any atom is 0.258 e. The van der Waals surface area contributed by atoms with E-state index in [4.69, 9.17) is 14.2 Å². The molecule has 0 aliphatic heterocycles. The molecule has 0 saturated heterocycles. The summed E-state index contributed by atoms with van der Waals surface area (Å²) in [6.07, 6.45) is 0. The Bertz CT molecular complexity index is 879. The third kappa shape index (κ3) is 4.66. The summed E-state index contributed by atoms with van der Waals surface area (Å²) in [4.78, 5) is 11.9. The number of ether oxygens (including phenoxy) is 3. The third-order valence-corrected chi connectivity index (χ3v) is 3.84. The lowest BCUT2D eigenvalue weighted by Crippen LogP contribution is -2.32. The van der Waals surface area contributed by atoms with E-state index in [0.29, 0.717) is 24.7 Å². The first-order valence-electron chi connectivity index (χ1n) is 8.40. The van der Waals surface area contributed by atoms with Gasteiger partial charge in [0.25, 0.3) is 5.91 Å². The van der Waals surface area contributed by atoms with E-state index in [1.807, 2.05) is 48.5 Å². The van der Waals surface area contributed by atoms with Crippen molar-refractivity contribution in [3.63, 3.8) is 0 Å². The van der Waals surface area contributed by atoms with E-state index >= 15 is 0 Å². The molecular weight excluding hydrogens is 330 g/mol. The van der Waals surface area contributed by atoms with E-state index in [1.54, 1.807) is 19.2 Å². The van der Waals surface area contributed by atoms with Gasteiger partial charge in [0.1, 0.15) is 12.4 Å². The van der Waals surface area contributed by atoms with Crippen LogP contribution in [0.3, 0.4) is 0 Å². The summed E-state index contributed by atoms with van der Waals surface area (Å²) in [5.41, 5.74) is 0. The zero-order valence-electron chi connectivity index (χ0n) is 14.6. The zero-order valence-corrected chi connectivity index (χ0v) is 14.6. The molecule has 5 nitrogen and oxygen atoms in total. The van der Waals surface area contributed by atoms with Crippen LogP contribution < -0.4 is 19.5 Å². The minimum absolute atomic E-state index is 0.0731. The van der Waals surface area contributed by atoms with Crippen molar-refractivity contribution in [3.05, 3.63) is 66.7 Å². The van der Waals surface area contributed by atoms with Crippen molar-refractivity contribution in [2.45, 2.75) is 0 Å². The first-order chi connectivity index (χ1) is 12.8. The summed E-state index contributed by atoms with van der Waals surface area (Å²) < 4.78 is 16.3. The van der Waals surface area contributed by atoms with Crippen LogP contribution in [0.25, 0.3) is 10.8 Å². The molecule has 0 heterocycles. The molecule has 0 radical (unpaired) electrons. The van der Waals surface area contributed by atoms with Gasteiger partial charge in [-0.2, -0.15) is 0 Å². The molecule has 0 aliphatic carbocycles. The third-order valence-electron chi connectivity index (χ3n) is 3.84. The second kappa shape index (κ2) is 8.76. The molecule has 3 aromatic rings. The highest BCUT2D eigenvalue weighted by molar-refractivity contribution is 5.83. The fourth-order valence-corrected chi connectivity index (χ4v) is 2.55.